The summed E-state index contributed by atoms with van der Waals surface area (Å²) in [5.41, 5.74) is 0.886. The van der Waals surface area contributed by atoms with Crippen molar-refractivity contribution in [3.05, 3.63) is 24.3 Å². The summed E-state index contributed by atoms with van der Waals surface area (Å²) in [6.07, 6.45) is 6.77. The third-order valence-electron chi connectivity index (χ3n) is 4.89. The zero-order chi connectivity index (χ0) is 17.8. The molecule has 2 fully saturated rings. The van der Waals surface area contributed by atoms with Crippen LogP contribution >= 0.6 is 0 Å². The summed E-state index contributed by atoms with van der Waals surface area (Å²) < 4.78 is 1.86. The highest BCUT2D eigenvalue weighted by molar-refractivity contribution is 5.91. The van der Waals surface area contributed by atoms with Gasteiger partial charge in [-0.2, -0.15) is 0 Å². The van der Waals surface area contributed by atoms with Crippen LogP contribution in [0.4, 0.5) is 4.79 Å². The largest absolute Gasteiger partial charge is 0.336 e. The van der Waals surface area contributed by atoms with Crippen molar-refractivity contribution < 1.29 is 9.59 Å². The number of aromatic nitrogens is 2. The lowest BCUT2D eigenvalue weighted by atomic mass is 10.3. The number of likely N-dealkylation sites (N-methyl/N-ethyl adjacent to an activating group) is 1. The number of piperazine rings is 2. The Labute approximate surface area is 148 Å². The second-order valence-corrected chi connectivity index (χ2v) is 6.65. The minimum absolute atomic E-state index is 0.0205. The van der Waals surface area contributed by atoms with E-state index < -0.39 is 0 Å². The number of carbonyl (C=O) groups excluding carboxylic acids is 2. The number of urea groups is 1. The monoisotopic (exact) mass is 346 g/mol. The van der Waals surface area contributed by atoms with Crippen molar-refractivity contribution in [1.82, 2.24) is 29.2 Å². The average molecular weight is 346 g/mol. The van der Waals surface area contributed by atoms with Gasteiger partial charge in [-0.25, -0.2) is 9.78 Å². The molecule has 8 nitrogen and oxygen atoms in total. The third-order valence-corrected chi connectivity index (χ3v) is 4.89. The molecule has 1 aromatic heterocycles. The maximum Gasteiger partial charge on any atom is 0.320 e. The van der Waals surface area contributed by atoms with E-state index >= 15 is 0 Å². The molecule has 0 atom stereocenters. The van der Waals surface area contributed by atoms with E-state index in [1.807, 2.05) is 21.4 Å². The Morgan fingerprint density at radius 2 is 1.48 bits per heavy atom. The van der Waals surface area contributed by atoms with Gasteiger partial charge in [0.2, 0.25) is 5.91 Å². The molecule has 0 spiro atoms. The average Bonchev–Trinajstić information content (AvgIpc) is 3.05. The van der Waals surface area contributed by atoms with Crippen LogP contribution in [0.15, 0.2) is 18.6 Å². The maximum absolute atomic E-state index is 12.6. The minimum Gasteiger partial charge on any atom is -0.336 e. The zero-order valence-corrected chi connectivity index (χ0v) is 15.0. The Morgan fingerprint density at radius 1 is 0.920 bits per heavy atom. The first kappa shape index (κ1) is 17.5. The van der Waals surface area contributed by atoms with Gasteiger partial charge in [0.1, 0.15) is 0 Å². The SMILES string of the molecule is CN1CCN(C(=O)N2CCN(C(=O)/C=C/c3cncn3C)CC2)CC1. The van der Waals surface area contributed by atoms with Crippen molar-refractivity contribution in [2.75, 3.05) is 59.4 Å². The van der Waals surface area contributed by atoms with Crippen LogP contribution in [0.25, 0.3) is 6.08 Å². The van der Waals surface area contributed by atoms with Crippen molar-refractivity contribution >= 4 is 18.0 Å². The number of aryl methyl sites for hydroxylation is 1. The summed E-state index contributed by atoms with van der Waals surface area (Å²) in [6, 6.07) is 0.102. The van der Waals surface area contributed by atoms with E-state index in [2.05, 4.69) is 16.9 Å². The summed E-state index contributed by atoms with van der Waals surface area (Å²) >= 11 is 0. The number of nitrogens with zero attached hydrogens (tertiary/aromatic N) is 6. The van der Waals surface area contributed by atoms with Gasteiger partial charge in [-0.1, -0.05) is 0 Å². The van der Waals surface area contributed by atoms with Gasteiger partial charge in [0, 0.05) is 65.5 Å². The van der Waals surface area contributed by atoms with E-state index in [0.29, 0.717) is 26.2 Å². The second kappa shape index (κ2) is 7.69. The molecular formula is C17H26N6O2. The van der Waals surface area contributed by atoms with Crippen molar-refractivity contribution in [1.29, 1.82) is 0 Å². The normalized spacial score (nSPS) is 19.7. The highest BCUT2D eigenvalue weighted by Gasteiger charge is 2.28. The number of hydrogen-bond acceptors (Lipinski definition) is 4. The van der Waals surface area contributed by atoms with E-state index in [4.69, 9.17) is 0 Å². The van der Waals surface area contributed by atoms with Crippen LogP contribution in [0.3, 0.4) is 0 Å². The predicted octanol–water partition coefficient (Wildman–Crippen LogP) is -0.0551. The molecule has 1 aromatic rings. The molecule has 3 amide bonds. The molecule has 0 aliphatic carbocycles. The molecule has 0 aromatic carbocycles. The molecule has 25 heavy (non-hydrogen) atoms. The number of hydrogen-bond donors (Lipinski definition) is 0. The van der Waals surface area contributed by atoms with Crippen molar-refractivity contribution in [3.63, 3.8) is 0 Å². The van der Waals surface area contributed by atoms with Crippen LogP contribution < -0.4 is 0 Å². The van der Waals surface area contributed by atoms with E-state index in [1.165, 1.54) is 0 Å². The molecule has 3 heterocycles. The van der Waals surface area contributed by atoms with Gasteiger partial charge in [0.25, 0.3) is 0 Å². The first-order chi connectivity index (χ1) is 12.0. The van der Waals surface area contributed by atoms with Crippen LogP contribution in [0, 0.1) is 0 Å². The lowest BCUT2D eigenvalue weighted by Gasteiger charge is -2.39. The Bertz CT molecular complexity index is 639. The Morgan fingerprint density at radius 3 is 2.04 bits per heavy atom. The van der Waals surface area contributed by atoms with Crippen molar-refractivity contribution in [2.45, 2.75) is 0 Å². The Balaban J connectivity index is 1.48. The molecule has 0 N–H and O–H groups in total. The molecule has 0 saturated carbocycles. The molecule has 2 saturated heterocycles. The van der Waals surface area contributed by atoms with Gasteiger partial charge in [0.05, 0.1) is 18.2 Å². The van der Waals surface area contributed by atoms with Gasteiger partial charge < -0.3 is 24.2 Å². The predicted molar refractivity (Wildman–Crippen MR) is 94.9 cm³/mol. The molecule has 3 rings (SSSR count). The van der Waals surface area contributed by atoms with E-state index in [1.54, 1.807) is 29.6 Å². The lowest BCUT2D eigenvalue weighted by molar-refractivity contribution is -0.127. The highest BCUT2D eigenvalue weighted by Crippen LogP contribution is 2.09. The van der Waals surface area contributed by atoms with Crippen LogP contribution in [-0.4, -0.2) is 100 Å². The molecule has 136 valence electrons. The lowest BCUT2D eigenvalue weighted by Crippen LogP contribution is -2.56. The Hall–Kier alpha value is -2.35. The number of rotatable bonds is 2. The summed E-state index contributed by atoms with van der Waals surface area (Å²) in [6.45, 7) is 5.74. The van der Waals surface area contributed by atoms with Crippen LogP contribution in [0.1, 0.15) is 5.69 Å². The number of imidazole rings is 1. The van der Waals surface area contributed by atoms with Crippen LogP contribution in [-0.2, 0) is 11.8 Å². The van der Waals surface area contributed by atoms with Gasteiger partial charge in [0.15, 0.2) is 0 Å². The van der Waals surface area contributed by atoms with Gasteiger partial charge >= 0.3 is 6.03 Å². The fourth-order valence-corrected chi connectivity index (χ4v) is 3.11. The fourth-order valence-electron chi connectivity index (χ4n) is 3.11. The molecule has 2 aliphatic rings. The zero-order valence-electron chi connectivity index (χ0n) is 15.0. The smallest absolute Gasteiger partial charge is 0.320 e. The van der Waals surface area contributed by atoms with E-state index in [9.17, 15) is 9.59 Å². The molecule has 0 bridgehead atoms. The molecule has 0 radical (unpaired) electrons. The second-order valence-electron chi connectivity index (χ2n) is 6.65. The summed E-state index contributed by atoms with van der Waals surface area (Å²) in [5, 5.41) is 0. The maximum atomic E-state index is 12.6. The number of carbonyl (C=O) groups is 2. The van der Waals surface area contributed by atoms with Crippen LogP contribution in [0.5, 0.6) is 0 Å². The van der Waals surface area contributed by atoms with Gasteiger partial charge in [-0.15, -0.1) is 0 Å². The highest BCUT2D eigenvalue weighted by atomic mass is 16.2. The summed E-state index contributed by atoms with van der Waals surface area (Å²) in [5.74, 6) is -0.0205. The standard InChI is InChI=1S/C17H26N6O2/c1-19-5-7-22(8-6-19)17(25)23-11-9-21(10-12-23)16(24)4-3-15-13-18-14-20(15)2/h3-4,13-14H,5-12H2,1-2H3/b4-3+. The minimum atomic E-state index is -0.0205. The van der Waals surface area contributed by atoms with Gasteiger partial charge in [-0.05, 0) is 13.1 Å². The topological polar surface area (TPSA) is 64.9 Å². The first-order valence-electron chi connectivity index (χ1n) is 8.70. The molecular weight excluding hydrogens is 320 g/mol. The fraction of sp³-hybridized carbons (Fsp3) is 0.588. The Kier molecular flexibility index (Phi) is 5.37. The van der Waals surface area contributed by atoms with Crippen LogP contribution in [0.2, 0.25) is 0 Å². The van der Waals surface area contributed by atoms with Crippen molar-refractivity contribution in [3.8, 4) is 0 Å². The van der Waals surface area contributed by atoms with E-state index in [0.717, 1.165) is 31.9 Å². The molecule has 2 aliphatic heterocycles. The van der Waals surface area contributed by atoms with Gasteiger partial charge in [-0.3, -0.25) is 4.79 Å². The summed E-state index contributed by atoms with van der Waals surface area (Å²) in [4.78, 5) is 36.7. The van der Waals surface area contributed by atoms with Crippen molar-refractivity contribution in [2.24, 2.45) is 7.05 Å². The number of amides is 3. The molecule has 0 unspecified atom stereocenters. The van der Waals surface area contributed by atoms with E-state index in [-0.39, 0.29) is 11.9 Å². The first-order valence-corrected chi connectivity index (χ1v) is 8.70. The summed E-state index contributed by atoms with van der Waals surface area (Å²) in [7, 11) is 3.96. The molecule has 8 heteroatoms. The quantitative estimate of drug-likeness (QED) is 0.704. The third kappa shape index (κ3) is 4.19.